The molecule has 0 aliphatic rings. The van der Waals surface area contributed by atoms with Gasteiger partial charge in [-0.1, -0.05) is 15.9 Å². The Balaban J connectivity index is 3.27. The number of aliphatic hydroxyl groups is 1. The van der Waals surface area contributed by atoms with Crippen LogP contribution < -0.4 is 9.47 Å². The van der Waals surface area contributed by atoms with Crippen molar-refractivity contribution in [2.45, 2.75) is 6.10 Å². The number of carbonyl (C=O) groups excluding carboxylic acids is 1. The molecule has 1 aromatic carbocycles. The van der Waals surface area contributed by atoms with Gasteiger partial charge in [0.25, 0.3) is 0 Å². The first-order chi connectivity index (χ1) is 8.04. The van der Waals surface area contributed by atoms with Crippen molar-refractivity contribution < 1.29 is 24.1 Å². The molecule has 0 radical (unpaired) electrons. The average molecular weight is 305 g/mol. The monoisotopic (exact) mass is 304 g/mol. The van der Waals surface area contributed by atoms with Crippen molar-refractivity contribution in [3.8, 4) is 11.5 Å². The second kappa shape index (κ2) is 5.88. The molecule has 0 saturated heterocycles. The predicted molar refractivity (Wildman–Crippen MR) is 64.2 cm³/mol. The topological polar surface area (TPSA) is 65.0 Å². The van der Waals surface area contributed by atoms with Crippen LogP contribution in [0.2, 0.25) is 0 Å². The lowest BCUT2D eigenvalue weighted by molar-refractivity contribution is -0.150. The molecule has 0 amide bonds. The van der Waals surface area contributed by atoms with Crippen LogP contribution in [-0.4, -0.2) is 32.4 Å². The second-order valence-electron chi connectivity index (χ2n) is 3.15. The minimum absolute atomic E-state index is 0.306. The maximum Gasteiger partial charge on any atom is 0.339 e. The van der Waals surface area contributed by atoms with Gasteiger partial charge in [0.15, 0.2) is 6.10 Å². The normalized spacial score (nSPS) is 11.8. The van der Waals surface area contributed by atoms with Gasteiger partial charge in [-0.2, -0.15) is 0 Å². The quantitative estimate of drug-likeness (QED) is 0.857. The summed E-state index contributed by atoms with van der Waals surface area (Å²) in [7, 11) is 4.15. The van der Waals surface area contributed by atoms with Crippen LogP contribution in [0.25, 0.3) is 0 Å². The molecule has 0 bridgehead atoms. The Morgan fingerprint density at radius 3 is 2.41 bits per heavy atom. The van der Waals surface area contributed by atoms with E-state index in [1.807, 2.05) is 0 Å². The van der Waals surface area contributed by atoms with Crippen molar-refractivity contribution in [3.05, 3.63) is 22.2 Å². The fraction of sp³-hybridized carbons (Fsp3) is 0.364. The van der Waals surface area contributed by atoms with Crippen LogP contribution in [-0.2, 0) is 9.53 Å². The molecular weight excluding hydrogens is 292 g/mol. The van der Waals surface area contributed by atoms with E-state index in [1.54, 1.807) is 12.1 Å². The third-order valence-corrected chi connectivity index (χ3v) is 2.87. The van der Waals surface area contributed by atoms with Gasteiger partial charge in [-0.25, -0.2) is 4.79 Å². The third-order valence-electron chi connectivity index (χ3n) is 2.22. The molecule has 0 aliphatic heterocycles. The van der Waals surface area contributed by atoms with Gasteiger partial charge in [-0.15, -0.1) is 0 Å². The van der Waals surface area contributed by atoms with E-state index >= 15 is 0 Å². The zero-order chi connectivity index (χ0) is 13.0. The zero-order valence-corrected chi connectivity index (χ0v) is 11.3. The minimum Gasteiger partial charge on any atom is -0.497 e. The van der Waals surface area contributed by atoms with Gasteiger partial charge in [0, 0.05) is 16.1 Å². The third kappa shape index (κ3) is 2.89. The van der Waals surface area contributed by atoms with Crippen LogP contribution >= 0.6 is 15.9 Å². The molecule has 94 valence electrons. The Labute approximate surface area is 107 Å². The highest BCUT2D eigenvalue weighted by atomic mass is 79.9. The molecule has 1 atom stereocenters. The average Bonchev–Trinajstić information content (AvgIpc) is 2.35. The maximum atomic E-state index is 11.3. The largest absolute Gasteiger partial charge is 0.497 e. The number of carbonyl (C=O) groups is 1. The molecule has 17 heavy (non-hydrogen) atoms. The van der Waals surface area contributed by atoms with Gasteiger partial charge in [-0.05, 0) is 6.07 Å². The number of methoxy groups -OCH3 is 3. The molecule has 0 aromatic heterocycles. The fourth-order valence-electron chi connectivity index (χ4n) is 1.35. The molecule has 0 spiro atoms. The summed E-state index contributed by atoms with van der Waals surface area (Å²) in [5.74, 6) is 0.137. The summed E-state index contributed by atoms with van der Waals surface area (Å²) in [6.07, 6.45) is -1.41. The zero-order valence-electron chi connectivity index (χ0n) is 9.69. The molecule has 1 unspecified atom stereocenters. The van der Waals surface area contributed by atoms with Crippen molar-refractivity contribution in [1.29, 1.82) is 0 Å². The lowest BCUT2D eigenvalue weighted by Gasteiger charge is -2.16. The number of halogens is 1. The van der Waals surface area contributed by atoms with Gasteiger partial charge in [0.2, 0.25) is 0 Å². The Bertz CT molecular complexity index is 419. The number of esters is 1. The van der Waals surface area contributed by atoms with E-state index < -0.39 is 12.1 Å². The summed E-state index contributed by atoms with van der Waals surface area (Å²) >= 11 is 3.25. The lowest BCUT2D eigenvalue weighted by atomic mass is 10.1. The number of ether oxygens (including phenoxy) is 3. The number of aliphatic hydroxyl groups excluding tert-OH is 1. The van der Waals surface area contributed by atoms with E-state index in [-0.39, 0.29) is 0 Å². The van der Waals surface area contributed by atoms with E-state index in [1.165, 1.54) is 21.3 Å². The molecule has 1 aromatic rings. The van der Waals surface area contributed by atoms with Gasteiger partial charge < -0.3 is 19.3 Å². The molecule has 1 N–H and O–H groups in total. The van der Waals surface area contributed by atoms with E-state index in [9.17, 15) is 9.90 Å². The van der Waals surface area contributed by atoms with Crippen molar-refractivity contribution in [1.82, 2.24) is 0 Å². The van der Waals surface area contributed by atoms with Crippen LogP contribution in [0.4, 0.5) is 0 Å². The summed E-state index contributed by atoms with van der Waals surface area (Å²) in [5.41, 5.74) is 0.306. The van der Waals surface area contributed by atoms with Crippen molar-refractivity contribution >= 4 is 21.9 Å². The molecule has 0 heterocycles. The number of hydrogen-bond acceptors (Lipinski definition) is 5. The van der Waals surface area contributed by atoms with Gasteiger partial charge in [0.1, 0.15) is 11.5 Å². The highest BCUT2D eigenvalue weighted by Gasteiger charge is 2.25. The predicted octanol–water partition coefficient (Wildman–Crippen LogP) is 1.67. The number of benzene rings is 1. The van der Waals surface area contributed by atoms with E-state index in [0.29, 0.717) is 21.5 Å². The van der Waals surface area contributed by atoms with Gasteiger partial charge >= 0.3 is 5.97 Å². The Morgan fingerprint density at radius 2 is 1.94 bits per heavy atom. The summed E-state index contributed by atoms with van der Waals surface area (Å²) in [4.78, 5) is 11.3. The minimum atomic E-state index is -1.41. The first-order valence-corrected chi connectivity index (χ1v) is 5.51. The lowest BCUT2D eigenvalue weighted by Crippen LogP contribution is -2.15. The van der Waals surface area contributed by atoms with Crippen molar-refractivity contribution in [2.75, 3.05) is 21.3 Å². The number of rotatable bonds is 4. The summed E-state index contributed by atoms with van der Waals surface area (Å²) < 4.78 is 15.1. The first kappa shape index (κ1) is 13.8. The highest BCUT2D eigenvalue weighted by Crippen LogP contribution is 2.36. The Morgan fingerprint density at radius 1 is 1.29 bits per heavy atom. The van der Waals surface area contributed by atoms with Crippen LogP contribution in [0.15, 0.2) is 16.6 Å². The molecule has 5 nitrogen and oxygen atoms in total. The fourth-order valence-corrected chi connectivity index (χ4v) is 1.99. The van der Waals surface area contributed by atoms with E-state index in [0.717, 1.165) is 0 Å². The smallest absolute Gasteiger partial charge is 0.339 e. The van der Waals surface area contributed by atoms with Crippen LogP contribution in [0.3, 0.4) is 0 Å². The Kier molecular flexibility index (Phi) is 4.77. The van der Waals surface area contributed by atoms with E-state index in [4.69, 9.17) is 9.47 Å². The SMILES string of the molecule is COC(=O)C(O)c1c(Br)cc(OC)cc1OC. The molecule has 0 aliphatic carbocycles. The molecule has 0 fully saturated rings. The van der Waals surface area contributed by atoms with Crippen LogP contribution in [0.1, 0.15) is 11.7 Å². The van der Waals surface area contributed by atoms with Gasteiger partial charge in [-0.3, -0.25) is 0 Å². The van der Waals surface area contributed by atoms with Crippen molar-refractivity contribution in [3.63, 3.8) is 0 Å². The summed E-state index contributed by atoms with van der Waals surface area (Å²) in [6, 6.07) is 3.20. The van der Waals surface area contributed by atoms with E-state index in [2.05, 4.69) is 20.7 Å². The molecule has 6 heteroatoms. The van der Waals surface area contributed by atoms with Gasteiger partial charge in [0.05, 0.1) is 21.3 Å². The first-order valence-electron chi connectivity index (χ1n) is 4.72. The van der Waals surface area contributed by atoms with Crippen molar-refractivity contribution in [2.24, 2.45) is 0 Å². The summed E-state index contributed by atoms with van der Waals surface area (Å²) in [6.45, 7) is 0. The van der Waals surface area contributed by atoms with Crippen LogP contribution in [0.5, 0.6) is 11.5 Å². The standard InChI is InChI=1S/C11H13BrO5/c1-15-6-4-7(12)9(8(5-6)16-2)10(13)11(14)17-3/h4-5,10,13H,1-3H3. The van der Waals surface area contributed by atoms with Crippen LogP contribution in [0, 0.1) is 0 Å². The second-order valence-corrected chi connectivity index (χ2v) is 4.01. The molecule has 1 rings (SSSR count). The molecule has 0 saturated carbocycles. The Hall–Kier alpha value is -1.27. The summed E-state index contributed by atoms with van der Waals surface area (Å²) in [5, 5.41) is 9.82. The highest BCUT2D eigenvalue weighted by molar-refractivity contribution is 9.10. The maximum absolute atomic E-state index is 11.3. The molecular formula is C11H13BrO5. The number of hydrogen-bond donors (Lipinski definition) is 1.